The van der Waals surface area contributed by atoms with Gasteiger partial charge in [-0.05, 0) is 30.2 Å². The number of alkyl halides is 3. The van der Waals surface area contributed by atoms with E-state index in [-0.39, 0.29) is 23.6 Å². The number of hydrogen-bond acceptors (Lipinski definition) is 4. The van der Waals surface area contributed by atoms with Crippen molar-refractivity contribution in [2.45, 2.75) is 24.4 Å². The van der Waals surface area contributed by atoms with Gasteiger partial charge < -0.3 is 4.74 Å². The fourth-order valence-corrected chi connectivity index (χ4v) is 3.46. The second-order valence-corrected chi connectivity index (χ2v) is 6.47. The number of aromatic nitrogens is 1. The molecule has 142 valence electrons. The molecule has 0 bridgehead atoms. The normalized spacial score (nSPS) is 20.3. The van der Waals surface area contributed by atoms with Crippen LogP contribution in [-0.4, -0.2) is 23.9 Å². The third-order valence-corrected chi connectivity index (χ3v) is 4.81. The number of piperidine rings is 1. The molecule has 1 N–H and O–H groups in total. The number of ether oxygens (including phenoxy) is 1. The number of pyridine rings is 1. The number of nitrogens with zero attached hydrogens (tertiary/aromatic N) is 1. The zero-order chi connectivity index (χ0) is 19.8. The Bertz CT molecular complexity index is 900. The van der Waals surface area contributed by atoms with E-state index in [1.807, 2.05) is 0 Å². The van der Waals surface area contributed by atoms with Gasteiger partial charge in [-0.3, -0.25) is 19.9 Å². The number of carbonyl (C=O) groups excluding carboxylic acids is 2. The first-order valence-electron chi connectivity index (χ1n) is 7.90. The third-order valence-electron chi connectivity index (χ3n) is 4.52. The first-order valence-corrected chi connectivity index (χ1v) is 8.28. The van der Waals surface area contributed by atoms with E-state index in [1.165, 1.54) is 7.11 Å². The highest BCUT2D eigenvalue weighted by molar-refractivity contribution is 6.32. The van der Waals surface area contributed by atoms with Crippen LogP contribution in [0, 0.1) is 0 Å². The van der Waals surface area contributed by atoms with Crippen LogP contribution >= 0.6 is 11.6 Å². The van der Waals surface area contributed by atoms with Gasteiger partial charge in [-0.25, -0.2) is 0 Å². The second-order valence-electron chi connectivity index (χ2n) is 6.06. The van der Waals surface area contributed by atoms with Crippen LogP contribution < -0.4 is 10.1 Å². The summed E-state index contributed by atoms with van der Waals surface area (Å²) in [7, 11) is 1.48. The van der Waals surface area contributed by atoms with Gasteiger partial charge in [-0.2, -0.15) is 13.2 Å². The van der Waals surface area contributed by atoms with Gasteiger partial charge >= 0.3 is 6.18 Å². The number of amides is 2. The summed E-state index contributed by atoms with van der Waals surface area (Å²) >= 11 is 6.12. The molecule has 1 atom stereocenters. The van der Waals surface area contributed by atoms with Gasteiger partial charge in [0, 0.05) is 12.6 Å². The Morgan fingerprint density at radius 2 is 1.89 bits per heavy atom. The predicted octanol–water partition coefficient (Wildman–Crippen LogP) is 3.49. The molecule has 1 aliphatic heterocycles. The van der Waals surface area contributed by atoms with Crippen molar-refractivity contribution in [2.24, 2.45) is 0 Å². The van der Waals surface area contributed by atoms with Crippen LogP contribution in [-0.2, 0) is 21.2 Å². The molecular weight excluding hydrogens is 385 g/mol. The van der Waals surface area contributed by atoms with E-state index in [2.05, 4.69) is 10.3 Å². The monoisotopic (exact) mass is 398 g/mol. The number of halogens is 4. The number of hydrogen-bond donors (Lipinski definition) is 1. The number of nitrogens with one attached hydrogen (secondary N) is 1. The molecule has 9 heteroatoms. The predicted molar refractivity (Wildman–Crippen MR) is 90.4 cm³/mol. The van der Waals surface area contributed by atoms with Crippen LogP contribution in [0.1, 0.15) is 29.7 Å². The Morgan fingerprint density at radius 3 is 2.41 bits per heavy atom. The maximum Gasteiger partial charge on any atom is 0.417 e. The molecule has 0 aliphatic carbocycles. The Labute approximate surface area is 157 Å². The van der Waals surface area contributed by atoms with Crippen molar-refractivity contribution in [1.29, 1.82) is 0 Å². The number of methoxy groups -OCH3 is 1. The largest absolute Gasteiger partial charge is 0.497 e. The topological polar surface area (TPSA) is 68.3 Å². The van der Waals surface area contributed by atoms with Crippen molar-refractivity contribution in [2.75, 3.05) is 7.11 Å². The summed E-state index contributed by atoms with van der Waals surface area (Å²) in [5.74, 6) is -0.613. The summed E-state index contributed by atoms with van der Waals surface area (Å²) in [6.45, 7) is 0. The van der Waals surface area contributed by atoms with Crippen molar-refractivity contribution < 1.29 is 27.5 Å². The molecule has 5 nitrogen and oxygen atoms in total. The van der Waals surface area contributed by atoms with E-state index in [0.717, 1.165) is 6.07 Å². The van der Waals surface area contributed by atoms with E-state index in [4.69, 9.17) is 16.3 Å². The molecular formula is C18H14ClF3N2O3. The van der Waals surface area contributed by atoms with Crippen LogP contribution in [0.4, 0.5) is 13.2 Å². The van der Waals surface area contributed by atoms with E-state index in [1.54, 1.807) is 24.3 Å². The molecule has 27 heavy (non-hydrogen) atoms. The van der Waals surface area contributed by atoms with Crippen LogP contribution in [0.15, 0.2) is 36.5 Å². The van der Waals surface area contributed by atoms with Gasteiger partial charge in [0.1, 0.15) is 11.2 Å². The van der Waals surface area contributed by atoms with Crippen molar-refractivity contribution in [3.63, 3.8) is 0 Å². The van der Waals surface area contributed by atoms with E-state index >= 15 is 0 Å². The van der Waals surface area contributed by atoms with Gasteiger partial charge in [0.15, 0.2) is 0 Å². The summed E-state index contributed by atoms with van der Waals surface area (Å²) in [6.07, 6.45) is -3.96. The molecule has 0 unspecified atom stereocenters. The minimum atomic E-state index is -4.62. The Morgan fingerprint density at radius 1 is 1.22 bits per heavy atom. The lowest BCUT2D eigenvalue weighted by atomic mass is 9.71. The molecule has 2 amide bonds. The Balaban J connectivity index is 2.19. The molecule has 2 aromatic rings. The average Bonchev–Trinajstić information content (AvgIpc) is 2.62. The van der Waals surface area contributed by atoms with Crippen LogP contribution in [0.5, 0.6) is 5.75 Å². The van der Waals surface area contributed by atoms with E-state index in [9.17, 15) is 22.8 Å². The lowest BCUT2D eigenvalue weighted by molar-refractivity contribution is -0.138. The first-order chi connectivity index (χ1) is 12.7. The van der Waals surface area contributed by atoms with Gasteiger partial charge in [-0.1, -0.05) is 23.7 Å². The van der Waals surface area contributed by atoms with Crippen molar-refractivity contribution >= 4 is 23.4 Å². The number of carbonyl (C=O) groups is 2. The van der Waals surface area contributed by atoms with Crippen LogP contribution in [0.3, 0.4) is 0 Å². The summed E-state index contributed by atoms with van der Waals surface area (Å²) in [5, 5.41) is 1.94. The summed E-state index contributed by atoms with van der Waals surface area (Å²) < 4.78 is 43.9. The van der Waals surface area contributed by atoms with Gasteiger partial charge in [0.25, 0.3) is 0 Å². The van der Waals surface area contributed by atoms with Crippen molar-refractivity contribution in [3.05, 3.63) is 58.4 Å². The highest BCUT2D eigenvalue weighted by Gasteiger charge is 2.48. The van der Waals surface area contributed by atoms with Gasteiger partial charge in [-0.15, -0.1) is 0 Å². The lowest BCUT2D eigenvalue weighted by Gasteiger charge is -2.36. The van der Waals surface area contributed by atoms with Gasteiger partial charge in [0.2, 0.25) is 11.8 Å². The molecule has 1 aromatic heterocycles. The molecule has 1 fully saturated rings. The standard InChI is InChI=1S/C18H14ClF3N2O3/c1-27-12-4-2-10(3-5-12)17(7-6-14(25)24-16(17)26)15-13(19)8-11(9-23-15)18(20,21)22/h2-5,8-9H,6-7H2,1H3,(H,24,25,26)/t17-/m1/s1. The Kier molecular flexibility index (Phi) is 4.86. The fourth-order valence-electron chi connectivity index (χ4n) is 3.13. The molecule has 1 saturated heterocycles. The second kappa shape index (κ2) is 6.84. The fraction of sp³-hybridized carbons (Fsp3) is 0.278. The summed E-state index contributed by atoms with van der Waals surface area (Å²) in [5.41, 5.74) is -2.09. The minimum absolute atomic E-state index is 0.00317. The molecule has 3 rings (SSSR count). The highest BCUT2D eigenvalue weighted by atomic mass is 35.5. The van der Waals surface area contributed by atoms with Crippen LogP contribution in [0.25, 0.3) is 0 Å². The number of rotatable bonds is 3. The third kappa shape index (κ3) is 3.37. The van der Waals surface area contributed by atoms with Crippen molar-refractivity contribution in [3.8, 4) is 5.75 Å². The van der Waals surface area contributed by atoms with Crippen LogP contribution in [0.2, 0.25) is 5.02 Å². The molecule has 2 heterocycles. The van der Waals surface area contributed by atoms with E-state index < -0.39 is 29.0 Å². The molecule has 0 saturated carbocycles. The summed E-state index contributed by atoms with van der Waals surface area (Å²) in [6, 6.07) is 7.16. The average molecular weight is 399 g/mol. The zero-order valence-electron chi connectivity index (χ0n) is 14.1. The number of benzene rings is 1. The highest BCUT2D eigenvalue weighted by Crippen LogP contribution is 2.43. The molecule has 1 aliphatic rings. The molecule has 0 spiro atoms. The number of imide groups is 1. The van der Waals surface area contributed by atoms with Crippen molar-refractivity contribution in [1.82, 2.24) is 10.3 Å². The molecule has 1 aromatic carbocycles. The smallest absolute Gasteiger partial charge is 0.417 e. The maximum absolute atomic E-state index is 12.9. The Hall–Kier alpha value is -2.61. The zero-order valence-corrected chi connectivity index (χ0v) is 14.8. The quantitative estimate of drug-likeness (QED) is 0.804. The molecule has 0 radical (unpaired) electrons. The lowest BCUT2D eigenvalue weighted by Crippen LogP contribution is -2.52. The maximum atomic E-state index is 12.9. The first kappa shape index (κ1) is 19.2. The van der Waals surface area contributed by atoms with Gasteiger partial charge in [0.05, 0.1) is 23.4 Å². The summed E-state index contributed by atoms with van der Waals surface area (Å²) in [4.78, 5) is 28.4. The minimum Gasteiger partial charge on any atom is -0.497 e. The van der Waals surface area contributed by atoms with E-state index in [0.29, 0.717) is 17.5 Å². The SMILES string of the molecule is COc1ccc([C@@]2(c3ncc(C(F)(F)F)cc3Cl)CCC(=O)NC2=O)cc1.